The Bertz CT molecular complexity index is 468. The third-order valence-corrected chi connectivity index (χ3v) is 3.28. The van der Waals surface area contributed by atoms with Gasteiger partial charge in [0.25, 0.3) is 0 Å². The maximum Gasteiger partial charge on any atom is 0.141 e. The number of ether oxygens (including phenoxy) is 1. The molecule has 4 heteroatoms. The first-order chi connectivity index (χ1) is 7.79. The van der Waals surface area contributed by atoms with Gasteiger partial charge in [-0.25, -0.2) is 4.98 Å². The summed E-state index contributed by atoms with van der Waals surface area (Å²) in [4.78, 5) is 8.62. The molecule has 3 nitrogen and oxygen atoms in total. The fourth-order valence-corrected chi connectivity index (χ4v) is 2.08. The van der Waals surface area contributed by atoms with Crippen LogP contribution >= 0.6 is 11.3 Å². The Morgan fingerprint density at radius 3 is 3.00 bits per heavy atom. The summed E-state index contributed by atoms with van der Waals surface area (Å²) >= 11 is 1.68. The molecule has 2 heterocycles. The van der Waals surface area contributed by atoms with E-state index < -0.39 is 0 Å². The van der Waals surface area contributed by atoms with Gasteiger partial charge in [-0.2, -0.15) is 0 Å². The van der Waals surface area contributed by atoms with Crippen LogP contribution in [0.25, 0.3) is 0 Å². The Morgan fingerprint density at radius 2 is 2.31 bits per heavy atom. The summed E-state index contributed by atoms with van der Waals surface area (Å²) < 4.78 is 5.66. The summed E-state index contributed by atoms with van der Waals surface area (Å²) in [6, 6.07) is 3.80. The molecule has 2 rings (SSSR count). The lowest BCUT2D eigenvalue weighted by atomic mass is 10.3. The molecule has 0 saturated heterocycles. The number of hydrogen-bond acceptors (Lipinski definition) is 4. The predicted molar refractivity (Wildman–Crippen MR) is 64.8 cm³/mol. The number of nitrogens with zero attached hydrogens (tertiary/aromatic N) is 2. The largest absolute Gasteiger partial charge is 0.485 e. The molecule has 0 atom stereocenters. The minimum Gasteiger partial charge on any atom is -0.485 e. The first-order valence-corrected chi connectivity index (χ1v) is 6.15. The van der Waals surface area contributed by atoms with Crippen LogP contribution in [0.4, 0.5) is 0 Å². The molecule has 0 aliphatic heterocycles. The molecule has 0 unspecified atom stereocenters. The van der Waals surface area contributed by atoms with E-state index in [1.807, 2.05) is 24.4 Å². The van der Waals surface area contributed by atoms with Crippen molar-refractivity contribution < 1.29 is 4.74 Å². The van der Waals surface area contributed by atoms with Crippen LogP contribution in [0.15, 0.2) is 23.7 Å². The van der Waals surface area contributed by atoms with Gasteiger partial charge < -0.3 is 4.74 Å². The van der Waals surface area contributed by atoms with Crippen molar-refractivity contribution in [3.05, 3.63) is 40.1 Å². The van der Waals surface area contributed by atoms with Gasteiger partial charge in [-0.1, -0.05) is 6.92 Å². The molecule has 16 heavy (non-hydrogen) atoms. The van der Waals surface area contributed by atoms with Gasteiger partial charge in [-0.05, 0) is 25.5 Å². The Morgan fingerprint density at radius 1 is 1.44 bits per heavy atom. The highest BCUT2D eigenvalue weighted by Gasteiger charge is 2.03. The second-order valence-corrected chi connectivity index (χ2v) is 4.40. The second-order valence-electron chi connectivity index (χ2n) is 3.46. The van der Waals surface area contributed by atoms with E-state index in [1.54, 1.807) is 17.5 Å². The molecule has 0 bridgehead atoms. The Hall–Kier alpha value is -1.42. The molecule has 84 valence electrons. The quantitative estimate of drug-likeness (QED) is 0.815. The summed E-state index contributed by atoms with van der Waals surface area (Å²) in [6.07, 6.45) is 2.75. The number of thiazole rings is 1. The van der Waals surface area contributed by atoms with Gasteiger partial charge in [0.1, 0.15) is 12.4 Å². The SMILES string of the molecule is CCc1nc(COc2cccnc2C)cs1. The summed E-state index contributed by atoms with van der Waals surface area (Å²) in [5.74, 6) is 0.827. The molecule has 0 aliphatic carbocycles. The number of aryl methyl sites for hydroxylation is 2. The number of aromatic nitrogens is 2. The molecule has 0 N–H and O–H groups in total. The van der Waals surface area contributed by atoms with Crippen LogP contribution in [0.1, 0.15) is 23.3 Å². The van der Waals surface area contributed by atoms with Crippen LogP contribution in [0, 0.1) is 6.92 Å². The summed E-state index contributed by atoms with van der Waals surface area (Å²) in [5, 5.41) is 3.20. The van der Waals surface area contributed by atoms with Gasteiger partial charge in [0, 0.05) is 11.6 Å². The molecule has 0 amide bonds. The highest BCUT2D eigenvalue weighted by atomic mass is 32.1. The predicted octanol–water partition coefficient (Wildman–Crippen LogP) is 2.99. The minimum atomic E-state index is 0.517. The van der Waals surface area contributed by atoms with E-state index in [2.05, 4.69) is 16.9 Å². The molecule has 0 saturated carbocycles. The van der Waals surface area contributed by atoms with Crippen LogP contribution in [0.3, 0.4) is 0 Å². The fraction of sp³-hybridized carbons (Fsp3) is 0.333. The molecule has 2 aromatic heterocycles. The molecular formula is C12H14N2OS. The minimum absolute atomic E-state index is 0.517. The molecule has 0 fully saturated rings. The van der Waals surface area contributed by atoms with E-state index in [0.717, 1.165) is 28.6 Å². The van der Waals surface area contributed by atoms with Crippen LogP contribution < -0.4 is 4.74 Å². The molecular weight excluding hydrogens is 220 g/mol. The van der Waals surface area contributed by atoms with Crippen molar-refractivity contribution in [2.45, 2.75) is 26.9 Å². The third kappa shape index (κ3) is 2.58. The molecule has 0 spiro atoms. The van der Waals surface area contributed by atoms with E-state index in [1.165, 1.54) is 0 Å². The van der Waals surface area contributed by atoms with Crippen molar-refractivity contribution in [2.75, 3.05) is 0 Å². The Balaban J connectivity index is 1.99. The highest BCUT2D eigenvalue weighted by molar-refractivity contribution is 7.09. The van der Waals surface area contributed by atoms with Crippen molar-refractivity contribution in [2.24, 2.45) is 0 Å². The standard InChI is InChI=1S/C12H14N2OS/c1-3-12-14-10(8-16-12)7-15-11-5-4-6-13-9(11)2/h4-6,8H,3,7H2,1-2H3. The van der Waals surface area contributed by atoms with Crippen molar-refractivity contribution >= 4 is 11.3 Å². The molecule has 0 radical (unpaired) electrons. The lowest BCUT2D eigenvalue weighted by Gasteiger charge is -2.05. The first kappa shape index (κ1) is 11.1. The van der Waals surface area contributed by atoms with Crippen molar-refractivity contribution in [1.29, 1.82) is 0 Å². The lowest BCUT2D eigenvalue weighted by molar-refractivity contribution is 0.298. The third-order valence-electron chi connectivity index (χ3n) is 2.24. The molecule has 0 aliphatic rings. The van der Waals surface area contributed by atoms with E-state index >= 15 is 0 Å². The van der Waals surface area contributed by atoms with Gasteiger partial charge in [0.05, 0.1) is 16.4 Å². The summed E-state index contributed by atoms with van der Waals surface area (Å²) in [7, 11) is 0. The van der Waals surface area contributed by atoms with E-state index in [9.17, 15) is 0 Å². The maximum absolute atomic E-state index is 5.66. The van der Waals surface area contributed by atoms with Crippen molar-refractivity contribution in [3.63, 3.8) is 0 Å². The second kappa shape index (κ2) is 5.07. The van der Waals surface area contributed by atoms with Gasteiger partial charge in [0.15, 0.2) is 0 Å². The van der Waals surface area contributed by atoms with Crippen LogP contribution in [-0.4, -0.2) is 9.97 Å². The summed E-state index contributed by atoms with van der Waals surface area (Å²) in [6.45, 7) is 4.56. The highest BCUT2D eigenvalue weighted by Crippen LogP contribution is 2.17. The molecule has 2 aromatic rings. The lowest BCUT2D eigenvalue weighted by Crippen LogP contribution is -1.98. The van der Waals surface area contributed by atoms with E-state index in [0.29, 0.717) is 6.61 Å². The van der Waals surface area contributed by atoms with E-state index in [-0.39, 0.29) is 0 Å². The topological polar surface area (TPSA) is 35.0 Å². The van der Waals surface area contributed by atoms with Gasteiger partial charge in [0.2, 0.25) is 0 Å². The van der Waals surface area contributed by atoms with Crippen LogP contribution in [0.2, 0.25) is 0 Å². The zero-order chi connectivity index (χ0) is 11.4. The maximum atomic E-state index is 5.66. The fourth-order valence-electron chi connectivity index (χ4n) is 1.35. The van der Waals surface area contributed by atoms with Crippen LogP contribution in [-0.2, 0) is 13.0 Å². The normalized spacial score (nSPS) is 10.4. The zero-order valence-electron chi connectivity index (χ0n) is 9.43. The van der Waals surface area contributed by atoms with Crippen molar-refractivity contribution in [3.8, 4) is 5.75 Å². The average molecular weight is 234 g/mol. The number of rotatable bonds is 4. The number of pyridine rings is 1. The van der Waals surface area contributed by atoms with Crippen LogP contribution in [0.5, 0.6) is 5.75 Å². The first-order valence-electron chi connectivity index (χ1n) is 5.27. The van der Waals surface area contributed by atoms with Gasteiger partial charge >= 0.3 is 0 Å². The molecule has 0 aromatic carbocycles. The Labute approximate surface area is 99.1 Å². The monoisotopic (exact) mass is 234 g/mol. The zero-order valence-corrected chi connectivity index (χ0v) is 10.3. The van der Waals surface area contributed by atoms with Crippen molar-refractivity contribution in [1.82, 2.24) is 9.97 Å². The Kier molecular flexibility index (Phi) is 3.51. The van der Waals surface area contributed by atoms with Gasteiger partial charge in [-0.15, -0.1) is 11.3 Å². The smallest absolute Gasteiger partial charge is 0.141 e. The number of hydrogen-bond donors (Lipinski definition) is 0. The van der Waals surface area contributed by atoms with E-state index in [4.69, 9.17) is 4.74 Å². The average Bonchev–Trinajstić information content (AvgIpc) is 2.76. The summed E-state index contributed by atoms with van der Waals surface area (Å²) in [5.41, 5.74) is 1.90. The van der Waals surface area contributed by atoms with Gasteiger partial charge in [-0.3, -0.25) is 4.98 Å².